The smallest absolute Gasteiger partial charge is 0.246 e. The van der Waals surface area contributed by atoms with Crippen molar-refractivity contribution in [3.8, 4) is 5.75 Å². The van der Waals surface area contributed by atoms with Gasteiger partial charge in [0.25, 0.3) is 0 Å². The molecule has 10 heteroatoms. The zero-order valence-electron chi connectivity index (χ0n) is 16.8. The summed E-state index contributed by atoms with van der Waals surface area (Å²) >= 11 is 6.00. The number of carbonyl (C=O) groups is 2. The molecule has 1 atom stereocenters. The van der Waals surface area contributed by atoms with Gasteiger partial charge in [0, 0.05) is 43.5 Å². The van der Waals surface area contributed by atoms with Crippen molar-refractivity contribution in [1.82, 2.24) is 4.31 Å². The third-order valence-corrected chi connectivity index (χ3v) is 6.88. The Morgan fingerprint density at radius 2 is 1.97 bits per heavy atom. The number of anilines is 2. The Kier molecular flexibility index (Phi) is 6.35. The van der Waals surface area contributed by atoms with Crippen LogP contribution in [0.2, 0.25) is 5.02 Å². The van der Waals surface area contributed by atoms with Crippen LogP contribution in [0.15, 0.2) is 47.4 Å². The second-order valence-corrected chi connectivity index (χ2v) is 9.58. The minimum atomic E-state index is -3.77. The standard InChI is InChI=1S/C20H22ClN3O5S/c1-23(2)30(27,28)18-11-15(7-8-17(18)29-3)22-20(26)13-9-19(25)24(12-13)16-6-4-5-14(21)10-16/h4-8,10-11,13H,9,12H2,1-3H3,(H,22,26). The van der Waals surface area contributed by atoms with Crippen LogP contribution in [0.1, 0.15) is 6.42 Å². The Balaban J connectivity index is 1.79. The van der Waals surface area contributed by atoms with E-state index in [1.54, 1.807) is 30.3 Å². The van der Waals surface area contributed by atoms with Crippen LogP contribution >= 0.6 is 11.6 Å². The Morgan fingerprint density at radius 3 is 2.60 bits per heavy atom. The molecular weight excluding hydrogens is 430 g/mol. The molecule has 0 spiro atoms. The third-order valence-electron chi connectivity index (χ3n) is 4.81. The molecule has 1 unspecified atom stereocenters. The van der Waals surface area contributed by atoms with Gasteiger partial charge in [-0.25, -0.2) is 12.7 Å². The molecule has 2 amide bonds. The van der Waals surface area contributed by atoms with Crippen molar-refractivity contribution < 1.29 is 22.7 Å². The molecule has 1 heterocycles. The fourth-order valence-corrected chi connectivity index (χ4v) is 4.43. The van der Waals surface area contributed by atoms with Crippen LogP contribution in [0.5, 0.6) is 5.75 Å². The average Bonchev–Trinajstić information content (AvgIpc) is 3.09. The van der Waals surface area contributed by atoms with Crippen LogP contribution < -0.4 is 15.0 Å². The molecule has 0 saturated carbocycles. The number of hydrogen-bond donors (Lipinski definition) is 1. The molecule has 3 rings (SSSR count). The van der Waals surface area contributed by atoms with E-state index in [4.69, 9.17) is 16.3 Å². The van der Waals surface area contributed by atoms with E-state index in [1.165, 1.54) is 38.2 Å². The summed E-state index contributed by atoms with van der Waals surface area (Å²) in [5.41, 5.74) is 0.932. The average molecular weight is 452 g/mol. The van der Waals surface area contributed by atoms with Gasteiger partial charge in [0.15, 0.2) is 0 Å². The fraction of sp³-hybridized carbons (Fsp3) is 0.300. The first kappa shape index (κ1) is 22.1. The number of amides is 2. The van der Waals surface area contributed by atoms with Crippen molar-refractivity contribution in [3.63, 3.8) is 0 Å². The number of rotatable bonds is 6. The van der Waals surface area contributed by atoms with E-state index in [2.05, 4.69) is 5.32 Å². The summed E-state index contributed by atoms with van der Waals surface area (Å²) in [4.78, 5) is 26.6. The first-order valence-electron chi connectivity index (χ1n) is 9.11. The normalized spacial score (nSPS) is 16.8. The molecule has 1 N–H and O–H groups in total. The monoisotopic (exact) mass is 451 g/mol. The lowest BCUT2D eigenvalue weighted by Gasteiger charge is -2.18. The summed E-state index contributed by atoms with van der Waals surface area (Å²) in [7, 11) is 0.422. The fourth-order valence-electron chi connectivity index (χ4n) is 3.17. The highest BCUT2D eigenvalue weighted by atomic mass is 35.5. The van der Waals surface area contributed by atoms with Crippen LogP contribution in [-0.2, 0) is 19.6 Å². The van der Waals surface area contributed by atoms with E-state index < -0.39 is 15.9 Å². The van der Waals surface area contributed by atoms with Crippen LogP contribution in [0.3, 0.4) is 0 Å². The van der Waals surface area contributed by atoms with Crippen molar-refractivity contribution >= 4 is 44.8 Å². The maximum absolute atomic E-state index is 12.7. The number of carbonyl (C=O) groups excluding carboxylic acids is 2. The molecule has 1 aliphatic heterocycles. The van der Waals surface area contributed by atoms with Crippen LogP contribution in [0.25, 0.3) is 0 Å². The number of hydrogen-bond acceptors (Lipinski definition) is 5. The number of nitrogens with zero attached hydrogens (tertiary/aromatic N) is 2. The maximum Gasteiger partial charge on any atom is 0.246 e. The topological polar surface area (TPSA) is 96.0 Å². The highest BCUT2D eigenvalue weighted by Crippen LogP contribution is 2.31. The number of ether oxygens (including phenoxy) is 1. The van der Waals surface area contributed by atoms with Gasteiger partial charge in [0.05, 0.1) is 13.0 Å². The van der Waals surface area contributed by atoms with Crippen molar-refractivity contribution in [2.75, 3.05) is 38.0 Å². The van der Waals surface area contributed by atoms with Crippen molar-refractivity contribution in [2.45, 2.75) is 11.3 Å². The largest absolute Gasteiger partial charge is 0.495 e. The lowest BCUT2D eigenvalue weighted by Crippen LogP contribution is -2.28. The molecule has 8 nitrogen and oxygen atoms in total. The van der Waals surface area contributed by atoms with Gasteiger partial charge < -0.3 is 15.0 Å². The molecule has 0 bridgehead atoms. The minimum absolute atomic E-state index is 0.0529. The summed E-state index contributed by atoms with van der Waals surface area (Å²) in [5.74, 6) is -0.952. The quantitative estimate of drug-likeness (QED) is 0.728. The number of halogens is 1. The van der Waals surface area contributed by atoms with Gasteiger partial charge >= 0.3 is 0 Å². The van der Waals surface area contributed by atoms with E-state index in [9.17, 15) is 18.0 Å². The molecule has 0 radical (unpaired) electrons. The summed E-state index contributed by atoms with van der Waals surface area (Å²) < 4.78 is 31.3. The lowest BCUT2D eigenvalue weighted by atomic mass is 10.1. The molecule has 1 fully saturated rings. The first-order valence-corrected chi connectivity index (χ1v) is 10.9. The highest BCUT2D eigenvalue weighted by Gasteiger charge is 2.35. The zero-order chi connectivity index (χ0) is 22.1. The summed E-state index contributed by atoms with van der Waals surface area (Å²) in [5, 5.41) is 3.21. The van der Waals surface area contributed by atoms with E-state index in [0.717, 1.165) is 4.31 Å². The van der Waals surface area contributed by atoms with Crippen molar-refractivity contribution in [2.24, 2.45) is 5.92 Å². The van der Waals surface area contributed by atoms with Gasteiger partial charge in [-0.15, -0.1) is 0 Å². The van der Waals surface area contributed by atoms with Crippen LogP contribution in [-0.4, -0.2) is 52.3 Å². The summed E-state index contributed by atoms with van der Waals surface area (Å²) in [6.45, 7) is 0.212. The first-order chi connectivity index (χ1) is 14.1. The maximum atomic E-state index is 12.7. The Labute approximate surface area is 180 Å². The van der Waals surface area contributed by atoms with E-state index in [1.807, 2.05) is 0 Å². The molecule has 1 saturated heterocycles. The van der Waals surface area contributed by atoms with Gasteiger partial charge in [-0.1, -0.05) is 17.7 Å². The Hall–Kier alpha value is -2.62. The third kappa shape index (κ3) is 4.43. The van der Waals surface area contributed by atoms with E-state index >= 15 is 0 Å². The van der Waals surface area contributed by atoms with Gasteiger partial charge in [-0.3, -0.25) is 9.59 Å². The molecule has 30 heavy (non-hydrogen) atoms. The number of sulfonamides is 1. The van der Waals surface area contributed by atoms with E-state index in [0.29, 0.717) is 16.4 Å². The van der Waals surface area contributed by atoms with Crippen LogP contribution in [0.4, 0.5) is 11.4 Å². The number of benzene rings is 2. The summed E-state index contributed by atoms with van der Waals surface area (Å²) in [6, 6.07) is 11.2. The highest BCUT2D eigenvalue weighted by molar-refractivity contribution is 7.89. The molecule has 0 aromatic heterocycles. The number of methoxy groups -OCH3 is 1. The van der Waals surface area contributed by atoms with Gasteiger partial charge in [0.1, 0.15) is 10.6 Å². The molecular formula is C20H22ClN3O5S. The summed E-state index contributed by atoms with van der Waals surface area (Å²) in [6.07, 6.45) is 0.0529. The van der Waals surface area contributed by atoms with Crippen LogP contribution in [0, 0.1) is 5.92 Å². The van der Waals surface area contributed by atoms with Crippen molar-refractivity contribution in [3.05, 3.63) is 47.5 Å². The van der Waals surface area contributed by atoms with E-state index in [-0.39, 0.29) is 35.4 Å². The van der Waals surface area contributed by atoms with Gasteiger partial charge in [0.2, 0.25) is 21.8 Å². The lowest BCUT2D eigenvalue weighted by molar-refractivity contribution is -0.122. The molecule has 160 valence electrons. The minimum Gasteiger partial charge on any atom is -0.495 e. The predicted octanol–water partition coefficient (Wildman–Crippen LogP) is 2.59. The Morgan fingerprint density at radius 1 is 1.23 bits per heavy atom. The SMILES string of the molecule is COc1ccc(NC(=O)C2CC(=O)N(c3cccc(Cl)c3)C2)cc1S(=O)(=O)N(C)C. The number of nitrogens with one attached hydrogen (secondary N) is 1. The molecule has 2 aromatic rings. The molecule has 2 aromatic carbocycles. The van der Waals surface area contributed by atoms with Gasteiger partial charge in [-0.05, 0) is 36.4 Å². The second-order valence-electron chi connectivity index (χ2n) is 7.03. The zero-order valence-corrected chi connectivity index (χ0v) is 18.3. The predicted molar refractivity (Wildman–Crippen MR) is 114 cm³/mol. The second kappa shape index (κ2) is 8.63. The molecule has 0 aliphatic carbocycles. The van der Waals surface area contributed by atoms with Gasteiger partial charge in [-0.2, -0.15) is 0 Å². The Bertz CT molecular complexity index is 1090. The van der Waals surface area contributed by atoms with Crippen molar-refractivity contribution in [1.29, 1.82) is 0 Å². The molecule has 1 aliphatic rings.